The molecule has 0 spiro atoms. The molecule has 0 atom stereocenters. The maximum Gasteiger partial charge on any atom is 0.434 e. The van der Waals surface area contributed by atoms with Gasteiger partial charge in [0.1, 0.15) is 5.56 Å². The van der Waals surface area contributed by atoms with Gasteiger partial charge in [-0.05, 0) is 6.07 Å². The summed E-state index contributed by atoms with van der Waals surface area (Å²) in [5, 5.41) is 19.0. The molecule has 9 heteroatoms. The highest BCUT2D eigenvalue weighted by atomic mass is 19.4. The Morgan fingerprint density at radius 3 is 2.50 bits per heavy atom. The van der Waals surface area contributed by atoms with Crippen molar-refractivity contribution in [3.05, 3.63) is 35.9 Å². The molecule has 0 aliphatic rings. The second-order valence-corrected chi connectivity index (χ2v) is 3.22. The predicted octanol–water partition coefficient (Wildman–Crippen LogP) is 1.38. The molecule has 2 rings (SSSR count). The van der Waals surface area contributed by atoms with Crippen molar-refractivity contribution in [2.24, 2.45) is 0 Å². The SMILES string of the molecule is O=C(O)c1cnn(-c2ccnnc2)c1C(F)(F)F. The normalized spacial score (nSPS) is 11.5. The highest BCUT2D eigenvalue weighted by Crippen LogP contribution is 2.33. The van der Waals surface area contributed by atoms with Crippen molar-refractivity contribution in [3.8, 4) is 5.69 Å². The zero-order chi connectivity index (χ0) is 13.3. The van der Waals surface area contributed by atoms with E-state index >= 15 is 0 Å². The van der Waals surface area contributed by atoms with Gasteiger partial charge in [0, 0.05) is 0 Å². The minimum atomic E-state index is -4.84. The second-order valence-electron chi connectivity index (χ2n) is 3.22. The van der Waals surface area contributed by atoms with Gasteiger partial charge in [0.15, 0.2) is 5.69 Å². The highest BCUT2D eigenvalue weighted by Gasteiger charge is 2.40. The molecule has 0 radical (unpaired) electrons. The standard InChI is InChI=1S/C9H5F3N4O2/c10-9(11,12)7-6(8(17)18)4-15-16(7)5-1-2-13-14-3-5/h1-4H,(H,17,18). The average molecular weight is 258 g/mol. The minimum Gasteiger partial charge on any atom is -0.478 e. The molecule has 2 aromatic rings. The Bertz CT molecular complexity index is 579. The van der Waals surface area contributed by atoms with Crippen LogP contribution >= 0.6 is 0 Å². The maximum atomic E-state index is 12.8. The zero-order valence-corrected chi connectivity index (χ0v) is 8.59. The largest absolute Gasteiger partial charge is 0.478 e. The van der Waals surface area contributed by atoms with Gasteiger partial charge in [-0.3, -0.25) is 0 Å². The number of aromatic carboxylic acids is 1. The van der Waals surface area contributed by atoms with Gasteiger partial charge in [-0.1, -0.05) is 0 Å². The van der Waals surface area contributed by atoms with E-state index < -0.39 is 23.4 Å². The molecule has 18 heavy (non-hydrogen) atoms. The molecule has 0 unspecified atom stereocenters. The van der Waals surface area contributed by atoms with Crippen LogP contribution in [0.3, 0.4) is 0 Å². The van der Waals surface area contributed by atoms with E-state index in [9.17, 15) is 18.0 Å². The first-order valence-electron chi connectivity index (χ1n) is 4.57. The number of hydrogen-bond donors (Lipinski definition) is 1. The van der Waals surface area contributed by atoms with E-state index in [0.717, 1.165) is 6.20 Å². The number of alkyl halides is 3. The average Bonchev–Trinajstić information content (AvgIpc) is 2.74. The molecule has 1 N–H and O–H groups in total. The fourth-order valence-corrected chi connectivity index (χ4v) is 1.38. The maximum absolute atomic E-state index is 12.8. The van der Waals surface area contributed by atoms with E-state index in [4.69, 9.17) is 5.11 Å². The number of carbonyl (C=O) groups is 1. The van der Waals surface area contributed by atoms with Crippen LogP contribution in [-0.4, -0.2) is 31.1 Å². The number of carboxylic acid groups (broad SMARTS) is 1. The number of rotatable bonds is 2. The molecule has 2 heterocycles. The number of halogens is 3. The van der Waals surface area contributed by atoms with Crippen molar-refractivity contribution in [3.63, 3.8) is 0 Å². The molecule has 0 saturated carbocycles. The monoisotopic (exact) mass is 258 g/mol. The van der Waals surface area contributed by atoms with Crippen LogP contribution in [0, 0.1) is 0 Å². The Morgan fingerprint density at radius 2 is 2.00 bits per heavy atom. The lowest BCUT2D eigenvalue weighted by atomic mass is 10.2. The van der Waals surface area contributed by atoms with Crippen LogP contribution in [-0.2, 0) is 6.18 Å². The Balaban J connectivity index is 2.67. The number of hydrogen-bond acceptors (Lipinski definition) is 4. The molecule has 0 fully saturated rings. The molecular formula is C9H5F3N4O2. The van der Waals surface area contributed by atoms with Crippen LogP contribution in [0.15, 0.2) is 24.7 Å². The Hall–Kier alpha value is -2.45. The number of nitrogens with zero attached hydrogens (tertiary/aromatic N) is 4. The summed E-state index contributed by atoms with van der Waals surface area (Å²) < 4.78 is 39.0. The summed E-state index contributed by atoms with van der Waals surface area (Å²) in [6.45, 7) is 0. The van der Waals surface area contributed by atoms with Gasteiger partial charge in [-0.25, -0.2) is 9.48 Å². The summed E-state index contributed by atoms with van der Waals surface area (Å²) in [5.74, 6) is -1.70. The summed E-state index contributed by atoms with van der Waals surface area (Å²) >= 11 is 0. The molecule has 0 bridgehead atoms. The molecule has 0 aliphatic heterocycles. The summed E-state index contributed by atoms with van der Waals surface area (Å²) in [7, 11) is 0. The zero-order valence-electron chi connectivity index (χ0n) is 8.59. The lowest BCUT2D eigenvalue weighted by Gasteiger charge is -2.10. The van der Waals surface area contributed by atoms with E-state index in [1.165, 1.54) is 12.3 Å². The van der Waals surface area contributed by atoms with Gasteiger partial charge in [0.2, 0.25) is 0 Å². The third kappa shape index (κ3) is 2.01. The molecule has 6 nitrogen and oxygen atoms in total. The van der Waals surface area contributed by atoms with Crippen LogP contribution in [0.25, 0.3) is 5.69 Å². The molecule has 0 aliphatic carbocycles. The topological polar surface area (TPSA) is 80.9 Å². The second kappa shape index (κ2) is 4.09. The third-order valence-electron chi connectivity index (χ3n) is 2.08. The van der Waals surface area contributed by atoms with Crippen molar-refractivity contribution >= 4 is 5.97 Å². The Morgan fingerprint density at radius 1 is 1.28 bits per heavy atom. The van der Waals surface area contributed by atoms with Gasteiger partial charge < -0.3 is 5.11 Å². The third-order valence-corrected chi connectivity index (χ3v) is 2.08. The van der Waals surface area contributed by atoms with Gasteiger partial charge in [0.05, 0.1) is 24.3 Å². The molecular weight excluding hydrogens is 253 g/mol. The van der Waals surface area contributed by atoms with Crippen LogP contribution in [0.2, 0.25) is 0 Å². The van der Waals surface area contributed by atoms with E-state index in [1.54, 1.807) is 0 Å². The van der Waals surface area contributed by atoms with Crippen LogP contribution < -0.4 is 0 Å². The smallest absolute Gasteiger partial charge is 0.434 e. The molecule has 94 valence electrons. The van der Waals surface area contributed by atoms with E-state index in [2.05, 4.69) is 15.3 Å². The van der Waals surface area contributed by atoms with Gasteiger partial charge >= 0.3 is 12.1 Å². The van der Waals surface area contributed by atoms with Crippen molar-refractivity contribution in [2.75, 3.05) is 0 Å². The first-order chi connectivity index (χ1) is 8.41. The van der Waals surface area contributed by atoms with Crippen molar-refractivity contribution < 1.29 is 23.1 Å². The molecule has 0 saturated heterocycles. The molecule has 0 amide bonds. The fraction of sp³-hybridized carbons (Fsp3) is 0.111. The van der Waals surface area contributed by atoms with Gasteiger partial charge in [-0.15, -0.1) is 0 Å². The summed E-state index contributed by atoms with van der Waals surface area (Å²) in [5.41, 5.74) is -2.30. The lowest BCUT2D eigenvalue weighted by Crippen LogP contribution is -2.17. The summed E-state index contributed by atoms with van der Waals surface area (Å²) in [4.78, 5) is 10.7. The van der Waals surface area contributed by atoms with E-state index in [-0.39, 0.29) is 5.69 Å². The fourth-order valence-electron chi connectivity index (χ4n) is 1.38. The number of aromatic nitrogens is 4. The predicted molar refractivity (Wildman–Crippen MR) is 51.1 cm³/mol. The van der Waals surface area contributed by atoms with Crippen LogP contribution in [0.4, 0.5) is 13.2 Å². The van der Waals surface area contributed by atoms with E-state index in [0.29, 0.717) is 10.9 Å². The van der Waals surface area contributed by atoms with E-state index in [1.807, 2.05) is 0 Å². The van der Waals surface area contributed by atoms with Gasteiger partial charge in [-0.2, -0.15) is 28.5 Å². The van der Waals surface area contributed by atoms with Gasteiger partial charge in [0.25, 0.3) is 0 Å². The van der Waals surface area contributed by atoms with Crippen molar-refractivity contribution in [1.82, 2.24) is 20.0 Å². The minimum absolute atomic E-state index is 0.0233. The summed E-state index contributed by atoms with van der Waals surface area (Å²) in [6.07, 6.45) is -1.97. The first kappa shape index (κ1) is 12.0. The lowest BCUT2D eigenvalue weighted by molar-refractivity contribution is -0.143. The van der Waals surface area contributed by atoms with Crippen molar-refractivity contribution in [2.45, 2.75) is 6.18 Å². The highest BCUT2D eigenvalue weighted by molar-refractivity contribution is 5.89. The first-order valence-corrected chi connectivity index (χ1v) is 4.57. The summed E-state index contributed by atoms with van der Waals surface area (Å²) in [6, 6.07) is 1.24. The Kier molecular flexibility index (Phi) is 2.73. The Labute approximate surface area is 97.7 Å². The number of carboxylic acids is 1. The quantitative estimate of drug-likeness (QED) is 0.880. The molecule has 2 aromatic heterocycles. The van der Waals surface area contributed by atoms with Crippen LogP contribution in [0.5, 0.6) is 0 Å². The van der Waals surface area contributed by atoms with Crippen LogP contribution in [0.1, 0.15) is 16.1 Å². The molecule has 0 aromatic carbocycles. The van der Waals surface area contributed by atoms with Crippen molar-refractivity contribution in [1.29, 1.82) is 0 Å².